The number of rotatable bonds is 5. The summed E-state index contributed by atoms with van der Waals surface area (Å²) < 4.78 is 39.5. The van der Waals surface area contributed by atoms with Gasteiger partial charge < -0.3 is 20.2 Å². The average Bonchev–Trinajstić information content (AvgIpc) is 2.98. The number of hydrogen-bond donors (Lipinski definition) is 2. The Morgan fingerprint density at radius 2 is 1.73 bits per heavy atom. The summed E-state index contributed by atoms with van der Waals surface area (Å²) in [4.78, 5) is 9.71. The van der Waals surface area contributed by atoms with Crippen LogP contribution in [0.4, 0.5) is 24.7 Å². The number of hydrogen-bond acceptors (Lipinski definition) is 5. The van der Waals surface area contributed by atoms with Crippen molar-refractivity contribution in [1.82, 2.24) is 10.3 Å². The normalized spacial score (nSPS) is 25.2. The Morgan fingerprint density at radius 1 is 0.927 bits per heavy atom. The maximum Gasteiger partial charge on any atom is 0.416 e. The molecule has 218 valence electrons. The van der Waals surface area contributed by atoms with Gasteiger partial charge in [-0.1, -0.05) is 37.1 Å². The second kappa shape index (κ2) is 12.0. The van der Waals surface area contributed by atoms with Crippen LogP contribution in [-0.4, -0.2) is 55.0 Å². The molecule has 4 unspecified atom stereocenters. The molecule has 4 atom stereocenters. The van der Waals surface area contributed by atoms with Gasteiger partial charge in [0.15, 0.2) is 0 Å². The van der Waals surface area contributed by atoms with Crippen molar-refractivity contribution in [3.05, 3.63) is 78.0 Å². The molecule has 2 saturated heterocycles. The highest BCUT2D eigenvalue weighted by atomic mass is 19.4. The minimum Gasteiger partial charge on any atom is -0.396 e. The molecule has 6 rings (SSSR count). The number of aliphatic hydroxyl groups excluding tert-OH is 1. The molecule has 1 aromatic heterocycles. The lowest BCUT2D eigenvalue weighted by atomic mass is 9.80. The highest BCUT2D eigenvalue weighted by Crippen LogP contribution is 2.37. The van der Waals surface area contributed by atoms with Crippen LogP contribution in [0.1, 0.15) is 43.2 Å². The van der Waals surface area contributed by atoms with Crippen molar-refractivity contribution in [2.24, 2.45) is 11.8 Å². The van der Waals surface area contributed by atoms with E-state index in [9.17, 15) is 18.3 Å². The molecule has 8 heteroatoms. The topological polar surface area (TPSA) is 51.6 Å². The standard InChI is InChI=1S/C33H39F3N4O/c34-33(35,36)27-9-11-28(12-10-27)39-17-14-31-26(21-39)20-38-30-8-4-2-6-25(30)22-40(31)32-19-24(13-16-37-32)29-7-3-1-5-23(29)15-18-41/h1,3,5,7,9-13,16,19,25-26,30-31,38,41H,2,4,6,8,14-15,17-18,20-22H2. The second-order valence-electron chi connectivity index (χ2n) is 11.9. The van der Waals surface area contributed by atoms with Crippen LogP contribution in [0, 0.1) is 11.8 Å². The minimum atomic E-state index is -4.33. The van der Waals surface area contributed by atoms with Crippen molar-refractivity contribution in [2.45, 2.75) is 56.8 Å². The summed E-state index contributed by atoms with van der Waals surface area (Å²) >= 11 is 0. The molecule has 2 N–H and O–H groups in total. The molecule has 5 nitrogen and oxygen atoms in total. The number of pyridine rings is 1. The van der Waals surface area contributed by atoms with Crippen LogP contribution in [0.25, 0.3) is 11.1 Å². The Kier molecular flexibility index (Phi) is 8.22. The van der Waals surface area contributed by atoms with Crippen LogP contribution in [0.5, 0.6) is 0 Å². The number of nitrogens with one attached hydrogen (secondary N) is 1. The number of nitrogens with zero attached hydrogens (tertiary/aromatic N) is 3. The molecule has 3 aromatic rings. The molecule has 2 aromatic carbocycles. The molecule has 0 bridgehead atoms. The number of benzene rings is 2. The van der Waals surface area contributed by atoms with Gasteiger partial charge in [-0.05, 0) is 84.7 Å². The largest absolute Gasteiger partial charge is 0.416 e. The third-order valence-corrected chi connectivity index (χ3v) is 9.39. The van der Waals surface area contributed by atoms with Crippen LogP contribution >= 0.6 is 0 Å². The SMILES string of the molecule is OCCc1ccccc1-c1ccnc(N2CC3CCCCC3NCC3CN(c4ccc(C(F)(F)F)cc4)CCC32)c1. The first-order chi connectivity index (χ1) is 19.9. The maximum absolute atomic E-state index is 13.2. The Hall–Kier alpha value is -3.10. The number of alkyl halides is 3. The number of piperidine rings is 1. The zero-order chi connectivity index (χ0) is 28.4. The molecule has 2 aliphatic heterocycles. The fraction of sp³-hybridized carbons (Fsp3) is 0.485. The van der Waals surface area contributed by atoms with Crippen LogP contribution in [0.15, 0.2) is 66.9 Å². The van der Waals surface area contributed by atoms with E-state index in [1.807, 2.05) is 18.3 Å². The number of anilines is 2. The summed E-state index contributed by atoms with van der Waals surface area (Å²) in [5.74, 6) is 1.86. The van der Waals surface area contributed by atoms with Crippen molar-refractivity contribution >= 4 is 11.5 Å². The van der Waals surface area contributed by atoms with E-state index in [-0.39, 0.29) is 12.6 Å². The lowest BCUT2D eigenvalue weighted by Crippen LogP contribution is -2.60. The first kappa shape index (κ1) is 28.0. The van der Waals surface area contributed by atoms with Gasteiger partial charge in [-0.3, -0.25) is 0 Å². The van der Waals surface area contributed by atoms with E-state index in [0.717, 1.165) is 60.8 Å². The molecular formula is C33H39F3N4O. The summed E-state index contributed by atoms with van der Waals surface area (Å²) in [5, 5.41) is 13.5. The Labute approximate surface area is 240 Å². The highest BCUT2D eigenvalue weighted by molar-refractivity contribution is 5.70. The van der Waals surface area contributed by atoms with Gasteiger partial charge in [0.05, 0.1) is 5.56 Å². The van der Waals surface area contributed by atoms with E-state index in [2.05, 4.69) is 39.4 Å². The maximum atomic E-state index is 13.2. The first-order valence-electron chi connectivity index (χ1n) is 15.0. The summed E-state index contributed by atoms with van der Waals surface area (Å²) in [5.41, 5.74) is 3.60. The predicted molar refractivity (Wildman–Crippen MR) is 157 cm³/mol. The van der Waals surface area contributed by atoms with Crippen molar-refractivity contribution < 1.29 is 18.3 Å². The van der Waals surface area contributed by atoms with Gasteiger partial charge >= 0.3 is 6.18 Å². The monoisotopic (exact) mass is 564 g/mol. The van der Waals surface area contributed by atoms with Crippen molar-refractivity contribution in [3.8, 4) is 11.1 Å². The Balaban J connectivity index is 1.30. The van der Waals surface area contributed by atoms with Gasteiger partial charge in [-0.25, -0.2) is 4.98 Å². The zero-order valence-corrected chi connectivity index (χ0v) is 23.4. The predicted octanol–water partition coefficient (Wildman–Crippen LogP) is 6.17. The smallest absolute Gasteiger partial charge is 0.396 e. The third-order valence-electron chi connectivity index (χ3n) is 9.39. The number of fused-ring (bicyclic) bond motifs is 2. The summed E-state index contributed by atoms with van der Waals surface area (Å²) in [6.45, 7) is 3.52. The summed E-state index contributed by atoms with van der Waals surface area (Å²) in [6.07, 6.45) is 4.00. The highest BCUT2D eigenvalue weighted by Gasteiger charge is 2.40. The first-order valence-corrected chi connectivity index (χ1v) is 15.0. The van der Waals surface area contributed by atoms with E-state index in [1.165, 1.54) is 37.8 Å². The van der Waals surface area contributed by atoms with E-state index in [0.29, 0.717) is 24.3 Å². The fourth-order valence-corrected chi connectivity index (χ4v) is 7.26. The molecule has 0 amide bonds. The molecule has 3 fully saturated rings. The average molecular weight is 565 g/mol. The van der Waals surface area contributed by atoms with Gasteiger partial charge in [0.25, 0.3) is 0 Å². The second-order valence-corrected chi connectivity index (χ2v) is 11.9. The third kappa shape index (κ3) is 6.09. The number of aliphatic hydroxyl groups is 1. The van der Waals surface area contributed by atoms with E-state index < -0.39 is 11.7 Å². The van der Waals surface area contributed by atoms with Crippen LogP contribution in [0.2, 0.25) is 0 Å². The number of halogens is 3. The quantitative estimate of drug-likeness (QED) is 0.389. The van der Waals surface area contributed by atoms with Gasteiger partial charge in [-0.2, -0.15) is 13.2 Å². The lowest BCUT2D eigenvalue weighted by Gasteiger charge is -2.50. The van der Waals surface area contributed by atoms with E-state index >= 15 is 0 Å². The van der Waals surface area contributed by atoms with Crippen LogP contribution < -0.4 is 15.1 Å². The molecule has 3 heterocycles. The van der Waals surface area contributed by atoms with Gasteiger partial charge in [0.1, 0.15) is 5.82 Å². The molecule has 0 radical (unpaired) electrons. The lowest BCUT2D eigenvalue weighted by molar-refractivity contribution is -0.137. The number of aromatic nitrogens is 1. The van der Waals surface area contributed by atoms with E-state index in [4.69, 9.17) is 4.98 Å². The van der Waals surface area contributed by atoms with Crippen LogP contribution in [0.3, 0.4) is 0 Å². The van der Waals surface area contributed by atoms with Gasteiger partial charge in [-0.15, -0.1) is 0 Å². The Bertz CT molecular complexity index is 1310. The van der Waals surface area contributed by atoms with E-state index in [1.54, 1.807) is 12.1 Å². The molecule has 3 aliphatic rings. The van der Waals surface area contributed by atoms with Gasteiger partial charge in [0.2, 0.25) is 0 Å². The van der Waals surface area contributed by atoms with Crippen molar-refractivity contribution in [1.29, 1.82) is 0 Å². The van der Waals surface area contributed by atoms with Crippen molar-refractivity contribution in [2.75, 3.05) is 42.6 Å². The molecule has 1 aliphatic carbocycles. The molecule has 41 heavy (non-hydrogen) atoms. The molecule has 1 saturated carbocycles. The Morgan fingerprint density at radius 3 is 2.54 bits per heavy atom. The summed E-state index contributed by atoms with van der Waals surface area (Å²) in [6, 6.07) is 18.9. The zero-order valence-electron chi connectivity index (χ0n) is 23.4. The fourth-order valence-electron chi connectivity index (χ4n) is 7.26. The molecular weight excluding hydrogens is 525 g/mol. The minimum absolute atomic E-state index is 0.107. The van der Waals surface area contributed by atoms with Crippen molar-refractivity contribution in [3.63, 3.8) is 0 Å². The molecule has 0 spiro atoms. The van der Waals surface area contributed by atoms with Crippen LogP contribution in [-0.2, 0) is 12.6 Å². The summed E-state index contributed by atoms with van der Waals surface area (Å²) in [7, 11) is 0. The van der Waals surface area contributed by atoms with Gasteiger partial charge in [0, 0.05) is 62.7 Å².